The second-order valence-corrected chi connectivity index (χ2v) is 5.87. The summed E-state index contributed by atoms with van der Waals surface area (Å²) in [7, 11) is 0. The summed E-state index contributed by atoms with van der Waals surface area (Å²) >= 11 is 1.60. The molecule has 0 radical (unpaired) electrons. The average molecular weight is 351 g/mol. The first-order valence-corrected chi connectivity index (χ1v) is 7.58. The summed E-state index contributed by atoms with van der Waals surface area (Å²) in [4.78, 5) is 17.2. The standard InChI is InChI=1S/C13H18N4OS.2ClH/c18-12(2-1-10-3-4-14-7-10)15-8-11-9-17-5-6-19-13(17)16-11;;/h5-6,9-10,14H,1-4,7-8H2,(H,15,18);2*1H. The number of carbonyl (C=O) groups is 1. The van der Waals surface area contributed by atoms with Crippen LogP contribution in [0.4, 0.5) is 0 Å². The molecule has 5 nitrogen and oxygen atoms in total. The number of hydrogen-bond donors (Lipinski definition) is 2. The molecule has 21 heavy (non-hydrogen) atoms. The van der Waals surface area contributed by atoms with Gasteiger partial charge in [-0.25, -0.2) is 4.98 Å². The lowest BCUT2D eigenvalue weighted by molar-refractivity contribution is -0.121. The van der Waals surface area contributed by atoms with Crippen LogP contribution in [0.3, 0.4) is 0 Å². The third kappa shape index (κ3) is 4.85. The van der Waals surface area contributed by atoms with Gasteiger partial charge in [0.25, 0.3) is 0 Å². The maximum absolute atomic E-state index is 11.8. The van der Waals surface area contributed by atoms with Crippen molar-refractivity contribution in [1.82, 2.24) is 20.0 Å². The van der Waals surface area contributed by atoms with Gasteiger partial charge in [0.2, 0.25) is 5.91 Å². The van der Waals surface area contributed by atoms with E-state index in [2.05, 4.69) is 15.6 Å². The molecular formula is C13H20Cl2N4OS. The van der Waals surface area contributed by atoms with Crippen molar-refractivity contribution in [3.8, 4) is 0 Å². The Labute approximate surface area is 140 Å². The second-order valence-electron chi connectivity index (χ2n) is 5.00. The minimum atomic E-state index is 0. The van der Waals surface area contributed by atoms with Crippen LogP contribution in [0.15, 0.2) is 17.8 Å². The van der Waals surface area contributed by atoms with Crippen molar-refractivity contribution in [2.45, 2.75) is 25.8 Å². The third-order valence-electron chi connectivity index (χ3n) is 3.55. The number of nitrogens with one attached hydrogen (secondary N) is 2. The molecule has 1 aliphatic heterocycles. The van der Waals surface area contributed by atoms with Crippen LogP contribution in [0.25, 0.3) is 4.96 Å². The van der Waals surface area contributed by atoms with E-state index in [1.807, 2.05) is 22.2 Å². The summed E-state index contributed by atoms with van der Waals surface area (Å²) in [6.07, 6.45) is 6.74. The summed E-state index contributed by atoms with van der Waals surface area (Å²) in [5.74, 6) is 0.798. The molecule has 1 amide bonds. The largest absolute Gasteiger partial charge is 0.350 e. The molecule has 0 spiro atoms. The van der Waals surface area contributed by atoms with Crippen LogP contribution in [0, 0.1) is 5.92 Å². The maximum Gasteiger partial charge on any atom is 0.220 e. The molecule has 1 atom stereocenters. The minimum Gasteiger partial charge on any atom is -0.350 e. The summed E-state index contributed by atoms with van der Waals surface area (Å²) in [6.45, 7) is 2.68. The van der Waals surface area contributed by atoms with Gasteiger partial charge in [0.15, 0.2) is 4.96 Å². The summed E-state index contributed by atoms with van der Waals surface area (Å²) in [5.41, 5.74) is 0.919. The van der Waals surface area contributed by atoms with Gasteiger partial charge in [0, 0.05) is 24.2 Å². The highest BCUT2D eigenvalue weighted by atomic mass is 35.5. The number of nitrogens with zero attached hydrogens (tertiary/aromatic N) is 2. The van der Waals surface area contributed by atoms with E-state index >= 15 is 0 Å². The third-order valence-corrected chi connectivity index (χ3v) is 4.32. The topological polar surface area (TPSA) is 58.4 Å². The van der Waals surface area contributed by atoms with Gasteiger partial charge < -0.3 is 10.6 Å². The van der Waals surface area contributed by atoms with Gasteiger partial charge in [-0.1, -0.05) is 0 Å². The number of imidazole rings is 1. The molecule has 8 heteroatoms. The molecule has 1 saturated heterocycles. The molecule has 1 fully saturated rings. The van der Waals surface area contributed by atoms with E-state index in [4.69, 9.17) is 0 Å². The number of thiazole rings is 1. The first-order valence-electron chi connectivity index (χ1n) is 6.70. The van der Waals surface area contributed by atoms with E-state index in [1.54, 1.807) is 11.3 Å². The zero-order chi connectivity index (χ0) is 13.1. The van der Waals surface area contributed by atoms with Gasteiger partial charge in [0.05, 0.1) is 12.2 Å². The normalized spacial score (nSPS) is 17.2. The number of halogens is 2. The highest BCUT2D eigenvalue weighted by Gasteiger charge is 2.15. The highest BCUT2D eigenvalue weighted by molar-refractivity contribution is 7.15. The fraction of sp³-hybridized carbons (Fsp3) is 0.538. The zero-order valence-corrected chi connectivity index (χ0v) is 14.0. The molecule has 3 heterocycles. The predicted octanol–water partition coefficient (Wildman–Crippen LogP) is 2.25. The smallest absolute Gasteiger partial charge is 0.220 e. The molecule has 0 saturated carbocycles. The van der Waals surface area contributed by atoms with Crippen LogP contribution in [0.5, 0.6) is 0 Å². The van der Waals surface area contributed by atoms with Crippen LogP contribution in [0.2, 0.25) is 0 Å². The Morgan fingerprint density at radius 2 is 2.38 bits per heavy atom. The highest BCUT2D eigenvalue weighted by Crippen LogP contribution is 2.14. The Balaban J connectivity index is 0.00000110. The van der Waals surface area contributed by atoms with Crippen LogP contribution < -0.4 is 10.6 Å². The average Bonchev–Trinajstić information content (AvgIpc) is 3.09. The number of aromatic nitrogens is 2. The first-order chi connectivity index (χ1) is 9.31. The van der Waals surface area contributed by atoms with Crippen molar-refractivity contribution in [3.05, 3.63) is 23.5 Å². The van der Waals surface area contributed by atoms with Crippen LogP contribution in [-0.2, 0) is 11.3 Å². The maximum atomic E-state index is 11.8. The Morgan fingerprint density at radius 3 is 3.10 bits per heavy atom. The molecule has 0 aromatic carbocycles. The molecule has 3 rings (SSSR count). The van der Waals surface area contributed by atoms with Gasteiger partial charge in [-0.3, -0.25) is 9.20 Å². The molecule has 118 valence electrons. The van der Waals surface area contributed by atoms with E-state index in [9.17, 15) is 4.79 Å². The molecule has 2 aromatic rings. The second kappa shape index (κ2) is 8.58. The zero-order valence-electron chi connectivity index (χ0n) is 11.6. The first kappa shape index (κ1) is 18.2. The minimum absolute atomic E-state index is 0. The summed E-state index contributed by atoms with van der Waals surface area (Å²) in [5, 5.41) is 8.27. The van der Waals surface area contributed by atoms with Crippen molar-refractivity contribution in [3.63, 3.8) is 0 Å². The predicted molar refractivity (Wildman–Crippen MR) is 89.6 cm³/mol. The number of amides is 1. The van der Waals surface area contributed by atoms with E-state index in [0.717, 1.165) is 30.2 Å². The van der Waals surface area contributed by atoms with Crippen molar-refractivity contribution >= 4 is 47.0 Å². The Bertz CT molecular complexity index is 537. The monoisotopic (exact) mass is 350 g/mol. The number of rotatable bonds is 5. The lowest BCUT2D eigenvalue weighted by Crippen LogP contribution is -2.23. The van der Waals surface area contributed by atoms with E-state index in [-0.39, 0.29) is 30.7 Å². The number of carbonyl (C=O) groups excluding carboxylic acids is 1. The molecule has 2 N–H and O–H groups in total. The van der Waals surface area contributed by atoms with Gasteiger partial charge in [-0.15, -0.1) is 36.2 Å². The van der Waals surface area contributed by atoms with E-state index in [0.29, 0.717) is 18.9 Å². The molecule has 1 aliphatic rings. The van der Waals surface area contributed by atoms with Crippen molar-refractivity contribution in [1.29, 1.82) is 0 Å². The molecule has 1 unspecified atom stereocenters. The quantitative estimate of drug-likeness (QED) is 0.869. The molecular weight excluding hydrogens is 331 g/mol. The van der Waals surface area contributed by atoms with Gasteiger partial charge in [-0.05, 0) is 31.8 Å². The van der Waals surface area contributed by atoms with Gasteiger partial charge in [0.1, 0.15) is 0 Å². The van der Waals surface area contributed by atoms with Gasteiger partial charge >= 0.3 is 0 Å². The summed E-state index contributed by atoms with van der Waals surface area (Å²) < 4.78 is 1.98. The lowest BCUT2D eigenvalue weighted by Gasteiger charge is -2.07. The fourth-order valence-electron chi connectivity index (χ4n) is 2.43. The lowest BCUT2D eigenvalue weighted by atomic mass is 10.0. The Morgan fingerprint density at radius 1 is 1.52 bits per heavy atom. The SMILES string of the molecule is Cl.Cl.O=C(CCC1CCNC1)NCc1cn2ccsc2n1. The summed E-state index contributed by atoms with van der Waals surface area (Å²) in [6, 6.07) is 0. The van der Waals surface area contributed by atoms with E-state index in [1.165, 1.54) is 6.42 Å². The van der Waals surface area contributed by atoms with Crippen LogP contribution >= 0.6 is 36.2 Å². The Kier molecular flexibility index (Phi) is 7.45. The number of hydrogen-bond acceptors (Lipinski definition) is 4. The van der Waals surface area contributed by atoms with Gasteiger partial charge in [-0.2, -0.15) is 0 Å². The molecule has 0 aliphatic carbocycles. The van der Waals surface area contributed by atoms with Crippen LogP contribution in [-0.4, -0.2) is 28.4 Å². The number of fused-ring (bicyclic) bond motifs is 1. The Hall–Kier alpha value is -0.820. The van der Waals surface area contributed by atoms with Crippen molar-refractivity contribution < 1.29 is 4.79 Å². The van der Waals surface area contributed by atoms with Crippen LogP contribution in [0.1, 0.15) is 25.0 Å². The van der Waals surface area contributed by atoms with Crippen molar-refractivity contribution in [2.75, 3.05) is 13.1 Å². The van der Waals surface area contributed by atoms with E-state index < -0.39 is 0 Å². The van der Waals surface area contributed by atoms with Crippen molar-refractivity contribution in [2.24, 2.45) is 5.92 Å². The fourth-order valence-corrected chi connectivity index (χ4v) is 3.15. The molecule has 2 aromatic heterocycles. The molecule has 0 bridgehead atoms.